The van der Waals surface area contributed by atoms with E-state index in [9.17, 15) is 9.59 Å². The second kappa shape index (κ2) is 9.94. The summed E-state index contributed by atoms with van der Waals surface area (Å²) in [5.41, 5.74) is 0. The van der Waals surface area contributed by atoms with Crippen molar-refractivity contribution >= 4 is 11.9 Å². The molecule has 1 amide bonds. The number of carbonyl (C=O) groups excluding carboxylic acids is 1. The van der Waals surface area contributed by atoms with Gasteiger partial charge in [0.15, 0.2) is 0 Å². The van der Waals surface area contributed by atoms with Crippen LogP contribution in [-0.4, -0.2) is 34.0 Å². The summed E-state index contributed by atoms with van der Waals surface area (Å²) < 4.78 is 0. The summed E-state index contributed by atoms with van der Waals surface area (Å²) in [7, 11) is 0. The Kier molecular flexibility index (Phi) is 7.90. The second-order valence-corrected chi connectivity index (χ2v) is 7.34. The van der Waals surface area contributed by atoms with Crippen LogP contribution in [0.5, 0.6) is 0 Å². The molecule has 0 atom stereocenters. The zero-order chi connectivity index (χ0) is 16.5. The molecule has 2 aliphatic rings. The molecular weight excluding hydrogens is 290 g/mol. The molecule has 0 heterocycles. The number of rotatable bonds is 8. The van der Waals surface area contributed by atoms with Crippen molar-refractivity contribution in [1.82, 2.24) is 4.90 Å². The highest BCUT2D eigenvalue weighted by molar-refractivity contribution is 5.77. The Balaban J connectivity index is 1.84. The Morgan fingerprint density at radius 1 is 0.739 bits per heavy atom. The molecule has 2 fully saturated rings. The van der Waals surface area contributed by atoms with Crippen LogP contribution in [0.25, 0.3) is 0 Å². The van der Waals surface area contributed by atoms with Crippen molar-refractivity contribution in [3.8, 4) is 0 Å². The molecule has 0 aromatic heterocycles. The van der Waals surface area contributed by atoms with Gasteiger partial charge in [-0.25, -0.2) is 0 Å². The Hall–Kier alpha value is -1.06. The van der Waals surface area contributed by atoms with Crippen molar-refractivity contribution in [2.45, 2.75) is 108 Å². The van der Waals surface area contributed by atoms with Crippen LogP contribution < -0.4 is 0 Å². The number of aliphatic carboxylic acids is 1. The van der Waals surface area contributed by atoms with Crippen LogP contribution in [0.4, 0.5) is 0 Å². The highest BCUT2D eigenvalue weighted by atomic mass is 16.4. The zero-order valence-electron chi connectivity index (χ0n) is 14.5. The van der Waals surface area contributed by atoms with Gasteiger partial charge in [-0.2, -0.15) is 0 Å². The lowest BCUT2D eigenvalue weighted by Gasteiger charge is -2.42. The SMILES string of the molecule is O=C(O)CCCCCC(=O)N(C1CCCCC1)C1CCCCC1. The molecule has 23 heavy (non-hydrogen) atoms. The molecule has 4 nitrogen and oxygen atoms in total. The fourth-order valence-electron chi connectivity index (χ4n) is 4.28. The number of amides is 1. The maximum absolute atomic E-state index is 12.8. The molecular formula is C19H33NO3. The number of carboxylic acid groups (broad SMARTS) is 1. The van der Waals surface area contributed by atoms with Gasteiger partial charge in [0, 0.05) is 24.9 Å². The third-order valence-corrected chi connectivity index (χ3v) is 5.51. The van der Waals surface area contributed by atoms with Crippen LogP contribution in [0.2, 0.25) is 0 Å². The van der Waals surface area contributed by atoms with E-state index in [0.717, 1.165) is 12.8 Å². The Morgan fingerprint density at radius 2 is 1.22 bits per heavy atom. The van der Waals surface area contributed by atoms with E-state index in [2.05, 4.69) is 4.90 Å². The molecule has 0 aromatic rings. The van der Waals surface area contributed by atoms with Crippen molar-refractivity contribution in [2.24, 2.45) is 0 Å². The van der Waals surface area contributed by atoms with Gasteiger partial charge in [-0.3, -0.25) is 9.59 Å². The van der Waals surface area contributed by atoms with E-state index < -0.39 is 5.97 Å². The topological polar surface area (TPSA) is 57.6 Å². The number of nitrogens with zero attached hydrogens (tertiary/aromatic N) is 1. The minimum absolute atomic E-state index is 0.225. The Bertz CT molecular complexity index is 353. The van der Waals surface area contributed by atoms with Crippen molar-refractivity contribution in [2.75, 3.05) is 0 Å². The predicted octanol–water partition coefficient (Wildman–Crippen LogP) is 4.52. The minimum Gasteiger partial charge on any atom is -0.481 e. The summed E-state index contributed by atoms with van der Waals surface area (Å²) in [5, 5.41) is 8.68. The predicted molar refractivity (Wildman–Crippen MR) is 91.3 cm³/mol. The molecule has 1 N–H and O–H groups in total. The first-order valence-electron chi connectivity index (χ1n) is 9.71. The lowest BCUT2D eigenvalue weighted by Crippen LogP contribution is -2.48. The second-order valence-electron chi connectivity index (χ2n) is 7.34. The molecule has 2 rings (SSSR count). The van der Waals surface area contributed by atoms with Gasteiger partial charge in [0.25, 0.3) is 0 Å². The van der Waals surface area contributed by atoms with Gasteiger partial charge < -0.3 is 10.0 Å². The highest BCUT2D eigenvalue weighted by Gasteiger charge is 2.31. The minimum atomic E-state index is -0.734. The van der Waals surface area contributed by atoms with Crippen LogP contribution in [0.15, 0.2) is 0 Å². The molecule has 0 radical (unpaired) electrons. The number of hydrogen-bond acceptors (Lipinski definition) is 2. The molecule has 0 spiro atoms. The first-order valence-corrected chi connectivity index (χ1v) is 9.71. The number of hydrogen-bond donors (Lipinski definition) is 1. The maximum atomic E-state index is 12.8. The summed E-state index contributed by atoms with van der Waals surface area (Å²) in [4.78, 5) is 25.7. The number of carbonyl (C=O) groups is 2. The number of carboxylic acids is 1. The molecule has 0 aliphatic heterocycles. The third-order valence-electron chi connectivity index (χ3n) is 5.51. The smallest absolute Gasteiger partial charge is 0.303 e. The van der Waals surface area contributed by atoms with Crippen LogP contribution in [0.1, 0.15) is 96.3 Å². The van der Waals surface area contributed by atoms with Crippen molar-refractivity contribution in [3.63, 3.8) is 0 Å². The Morgan fingerprint density at radius 3 is 1.70 bits per heavy atom. The highest BCUT2D eigenvalue weighted by Crippen LogP contribution is 2.31. The Labute approximate surface area is 140 Å². The molecule has 0 aromatic carbocycles. The van der Waals surface area contributed by atoms with Crippen molar-refractivity contribution < 1.29 is 14.7 Å². The summed E-state index contributed by atoms with van der Waals surface area (Å²) >= 11 is 0. The molecule has 2 saturated carbocycles. The molecule has 0 unspecified atom stereocenters. The third kappa shape index (κ3) is 6.15. The summed E-state index contributed by atoms with van der Waals surface area (Å²) in [6, 6.07) is 0.941. The van der Waals surface area contributed by atoms with Crippen LogP contribution in [0.3, 0.4) is 0 Å². The zero-order valence-corrected chi connectivity index (χ0v) is 14.5. The standard InChI is InChI=1S/C19H33NO3/c21-18(14-8-3-9-15-19(22)23)20(16-10-4-1-5-11-16)17-12-6-2-7-13-17/h16-17H,1-15H2,(H,22,23). The summed E-state index contributed by atoms with van der Waals surface area (Å²) in [5.74, 6) is -0.401. The molecule has 2 aliphatic carbocycles. The summed E-state index contributed by atoms with van der Waals surface area (Å²) in [6.45, 7) is 0. The van der Waals surface area contributed by atoms with Gasteiger partial charge in [0.2, 0.25) is 5.91 Å². The van der Waals surface area contributed by atoms with Gasteiger partial charge in [0.05, 0.1) is 0 Å². The first-order chi connectivity index (χ1) is 11.2. The number of unbranched alkanes of at least 4 members (excludes halogenated alkanes) is 2. The average molecular weight is 323 g/mol. The average Bonchev–Trinajstić information content (AvgIpc) is 2.56. The quantitative estimate of drug-likeness (QED) is 0.668. The maximum Gasteiger partial charge on any atom is 0.303 e. The van der Waals surface area contributed by atoms with E-state index in [4.69, 9.17) is 5.11 Å². The molecule has 4 heteroatoms. The monoisotopic (exact) mass is 323 g/mol. The molecule has 0 saturated heterocycles. The van der Waals surface area contributed by atoms with E-state index in [-0.39, 0.29) is 6.42 Å². The van der Waals surface area contributed by atoms with Crippen LogP contribution in [-0.2, 0) is 9.59 Å². The normalized spacial score (nSPS) is 20.3. The van der Waals surface area contributed by atoms with Gasteiger partial charge in [-0.1, -0.05) is 44.9 Å². The van der Waals surface area contributed by atoms with Crippen molar-refractivity contribution in [1.29, 1.82) is 0 Å². The largest absolute Gasteiger partial charge is 0.481 e. The van der Waals surface area contributed by atoms with E-state index in [1.807, 2.05) is 0 Å². The van der Waals surface area contributed by atoms with Gasteiger partial charge in [-0.15, -0.1) is 0 Å². The molecule has 132 valence electrons. The molecule has 0 bridgehead atoms. The van der Waals surface area contributed by atoms with Crippen LogP contribution in [0, 0.1) is 0 Å². The van der Waals surface area contributed by atoms with Gasteiger partial charge >= 0.3 is 5.97 Å². The van der Waals surface area contributed by atoms with E-state index in [1.54, 1.807) is 0 Å². The fraction of sp³-hybridized carbons (Fsp3) is 0.895. The first kappa shape index (κ1) is 18.3. The van der Waals surface area contributed by atoms with E-state index in [1.165, 1.54) is 64.2 Å². The van der Waals surface area contributed by atoms with Gasteiger partial charge in [-0.05, 0) is 38.5 Å². The fourth-order valence-corrected chi connectivity index (χ4v) is 4.28. The van der Waals surface area contributed by atoms with Crippen LogP contribution >= 0.6 is 0 Å². The van der Waals surface area contributed by atoms with Gasteiger partial charge in [0.1, 0.15) is 0 Å². The van der Waals surface area contributed by atoms with E-state index in [0.29, 0.717) is 30.8 Å². The van der Waals surface area contributed by atoms with Crippen molar-refractivity contribution in [3.05, 3.63) is 0 Å². The lowest BCUT2D eigenvalue weighted by atomic mass is 9.88. The van der Waals surface area contributed by atoms with E-state index >= 15 is 0 Å². The lowest BCUT2D eigenvalue weighted by molar-refractivity contribution is -0.138. The summed E-state index contributed by atoms with van der Waals surface area (Å²) in [6.07, 6.45) is 15.6.